The zero-order valence-electron chi connectivity index (χ0n) is 14.5. The molecule has 1 aliphatic heterocycles. The molecule has 3 aromatic rings. The van der Waals surface area contributed by atoms with E-state index in [9.17, 15) is 9.36 Å². The molecule has 2 aromatic heterocycles. The highest BCUT2D eigenvalue weighted by Gasteiger charge is 2.26. The fourth-order valence-electron chi connectivity index (χ4n) is 2.89. The number of anilines is 2. The first-order valence-electron chi connectivity index (χ1n) is 8.35. The number of nitrogens with zero attached hydrogens (tertiary/aromatic N) is 1. The summed E-state index contributed by atoms with van der Waals surface area (Å²) >= 11 is 0. The Morgan fingerprint density at radius 2 is 2.00 bits per heavy atom. The van der Waals surface area contributed by atoms with Crippen molar-refractivity contribution >= 4 is 30.6 Å². The molecule has 1 amide bonds. The van der Waals surface area contributed by atoms with Crippen LogP contribution in [0.5, 0.6) is 0 Å². The van der Waals surface area contributed by atoms with Gasteiger partial charge in [0.1, 0.15) is 11.6 Å². The predicted octanol–water partition coefficient (Wildman–Crippen LogP) is 3.42. The molecule has 0 spiro atoms. The Hall–Kier alpha value is -3.19. The van der Waals surface area contributed by atoms with Crippen LogP contribution in [0.3, 0.4) is 0 Å². The van der Waals surface area contributed by atoms with Gasteiger partial charge in [-0.25, -0.2) is 4.98 Å². The van der Waals surface area contributed by atoms with E-state index in [0.29, 0.717) is 34.0 Å². The summed E-state index contributed by atoms with van der Waals surface area (Å²) in [5.74, 6) is 0.859. The molecule has 4 N–H and O–H groups in total. The van der Waals surface area contributed by atoms with Crippen LogP contribution in [-0.4, -0.2) is 20.7 Å². The van der Waals surface area contributed by atoms with E-state index in [0.717, 1.165) is 5.56 Å². The molecule has 4 rings (SSSR count). The first-order valence-corrected chi connectivity index (χ1v) is 10.1. The maximum atomic E-state index is 12.3. The van der Waals surface area contributed by atoms with Gasteiger partial charge in [0.05, 0.1) is 18.0 Å². The van der Waals surface area contributed by atoms with Gasteiger partial charge in [0.2, 0.25) is 0 Å². The van der Waals surface area contributed by atoms with Crippen molar-refractivity contribution in [1.82, 2.24) is 4.98 Å². The van der Waals surface area contributed by atoms with Crippen molar-refractivity contribution in [2.24, 2.45) is 0 Å². The second-order valence-corrected chi connectivity index (χ2v) is 7.92. The van der Waals surface area contributed by atoms with E-state index >= 15 is 0 Å². The number of fused-ring (bicyclic) bond motifs is 1. The first-order chi connectivity index (χ1) is 13.4. The molecule has 8 nitrogen and oxygen atoms in total. The molecule has 1 aliphatic rings. The van der Waals surface area contributed by atoms with Crippen LogP contribution in [0.15, 0.2) is 65.5 Å². The number of carbonyl (C=O) groups excluding carboxylic acids is 1. The van der Waals surface area contributed by atoms with E-state index in [1.807, 2.05) is 12.1 Å². The molecule has 0 radical (unpaired) electrons. The number of hydrogen-bond donors (Lipinski definition) is 4. The first kappa shape index (κ1) is 18.2. The maximum Gasteiger partial charge on any atom is 0.329 e. The molecular formula is C19H16N3O5P. The number of aromatic nitrogens is 1. The minimum Gasteiger partial charge on any atom is -0.464 e. The third-order valence-electron chi connectivity index (χ3n) is 4.19. The van der Waals surface area contributed by atoms with E-state index in [4.69, 9.17) is 14.2 Å². The molecule has 0 aliphatic carbocycles. The quantitative estimate of drug-likeness (QED) is 0.384. The number of rotatable bonds is 5. The summed E-state index contributed by atoms with van der Waals surface area (Å²) in [6.07, 6.45) is 4.46. The summed E-state index contributed by atoms with van der Waals surface area (Å²) in [6.45, 7) is 0. The number of nitrogens with one attached hydrogen (secondary N) is 2. The van der Waals surface area contributed by atoms with Crippen molar-refractivity contribution in [3.05, 3.63) is 72.3 Å². The van der Waals surface area contributed by atoms with Gasteiger partial charge in [-0.1, -0.05) is 12.1 Å². The number of pyridine rings is 1. The Kier molecular flexibility index (Phi) is 4.60. The lowest BCUT2D eigenvalue weighted by molar-refractivity contribution is -0.110. The number of amides is 1. The van der Waals surface area contributed by atoms with Gasteiger partial charge in [0, 0.05) is 29.2 Å². The molecule has 28 heavy (non-hydrogen) atoms. The number of carbonyl (C=O) groups is 1. The van der Waals surface area contributed by atoms with Gasteiger partial charge >= 0.3 is 7.60 Å². The molecule has 1 aromatic carbocycles. The normalized spacial score (nSPS) is 14.8. The summed E-state index contributed by atoms with van der Waals surface area (Å²) in [7, 11) is -4.11. The average Bonchev–Trinajstić information content (AvgIpc) is 3.27. The molecular weight excluding hydrogens is 381 g/mol. The van der Waals surface area contributed by atoms with Gasteiger partial charge in [-0.05, 0) is 35.9 Å². The van der Waals surface area contributed by atoms with Gasteiger partial charge in [0.25, 0.3) is 5.91 Å². The summed E-state index contributed by atoms with van der Waals surface area (Å²) in [4.78, 5) is 34.6. The summed E-state index contributed by atoms with van der Waals surface area (Å²) < 4.78 is 16.4. The van der Waals surface area contributed by atoms with Crippen molar-refractivity contribution in [3.8, 4) is 11.3 Å². The lowest BCUT2D eigenvalue weighted by atomic mass is 10.1. The molecule has 0 atom stereocenters. The second kappa shape index (κ2) is 7.09. The zero-order chi connectivity index (χ0) is 19.7. The fourth-order valence-corrected chi connectivity index (χ4v) is 3.57. The van der Waals surface area contributed by atoms with Crippen LogP contribution in [-0.2, 0) is 15.5 Å². The predicted molar refractivity (Wildman–Crippen MR) is 104 cm³/mol. The fraction of sp³-hybridized carbons (Fsp3) is 0.0526. The minimum atomic E-state index is -4.11. The van der Waals surface area contributed by atoms with E-state index in [1.165, 1.54) is 0 Å². The molecule has 0 fully saturated rings. The maximum absolute atomic E-state index is 12.3. The third kappa shape index (κ3) is 3.89. The zero-order valence-corrected chi connectivity index (χ0v) is 15.4. The molecule has 3 heterocycles. The van der Waals surface area contributed by atoms with Crippen molar-refractivity contribution in [1.29, 1.82) is 0 Å². The molecule has 0 unspecified atom stereocenters. The smallest absolute Gasteiger partial charge is 0.329 e. The van der Waals surface area contributed by atoms with Crippen molar-refractivity contribution in [3.63, 3.8) is 0 Å². The topological polar surface area (TPSA) is 125 Å². The molecule has 0 bridgehead atoms. The number of benzene rings is 1. The SMILES string of the molecule is O=C1Nc2ncc(-c3ccco3)cc2/C1=C/Nc1ccc(CP(=O)(O)O)cc1. The van der Waals surface area contributed by atoms with Gasteiger partial charge in [-0.3, -0.25) is 9.36 Å². The van der Waals surface area contributed by atoms with Crippen LogP contribution in [0, 0.1) is 0 Å². The Morgan fingerprint density at radius 1 is 1.21 bits per heavy atom. The highest BCUT2D eigenvalue weighted by molar-refractivity contribution is 7.50. The monoisotopic (exact) mass is 397 g/mol. The Morgan fingerprint density at radius 3 is 2.68 bits per heavy atom. The van der Waals surface area contributed by atoms with Crippen molar-refractivity contribution < 1.29 is 23.6 Å². The second-order valence-electron chi connectivity index (χ2n) is 6.27. The summed E-state index contributed by atoms with van der Waals surface area (Å²) in [5.41, 5.74) is 3.05. The highest BCUT2D eigenvalue weighted by atomic mass is 31.2. The van der Waals surface area contributed by atoms with Gasteiger partial charge < -0.3 is 24.8 Å². The molecule has 0 saturated carbocycles. The molecule has 0 saturated heterocycles. The van der Waals surface area contributed by atoms with Crippen LogP contribution in [0.1, 0.15) is 11.1 Å². The van der Waals surface area contributed by atoms with E-state index in [1.54, 1.807) is 49.0 Å². The standard InChI is InChI=1S/C19H16N3O5P/c23-19-16(10-20-14-5-3-12(4-6-14)11-28(24,25)26)15-8-13(9-21-18(15)22-19)17-2-1-7-27-17/h1-10,20H,11H2,(H,21,22,23)(H2,24,25,26)/b16-10-. The van der Waals surface area contributed by atoms with Gasteiger partial charge in [0.15, 0.2) is 0 Å². The Labute approximate surface area is 160 Å². The van der Waals surface area contributed by atoms with E-state index in [-0.39, 0.29) is 12.1 Å². The summed E-state index contributed by atoms with van der Waals surface area (Å²) in [6, 6.07) is 12.0. The van der Waals surface area contributed by atoms with Gasteiger partial charge in [-0.2, -0.15) is 0 Å². The van der Waals surface area contributed by atoms with Gasteiger partial charge in [-0.15, -0.1) is 0 Å². The number of furan rings is 1. The van der Waals surface area contributed by atoms with Crippen molar-refractivity contribution in [2.45, 2.75) is 6.16 Å². The van der Waals surface area contributed by atoms with Crippen molar-refractivity contribution in [2.75, 3.05) is 10.6 Å². The lowest BCUT2D eigenvalue weighted by Gasteiger charge is -2.06. The Balaban J connectivity index is 1.57. The largest absolute Gasteiger partial charge is 0.464 e. The van der Waals surface area contributed by atoms with Crippen LogP contribution in [0.25, 0.3) is 16.9 Å². The number of hydrogen-bond acceptors (Lipinski definition) is 5. The highest BCUT2D eigenvalue weighted by Crippen LogP contribution is 2.39. The minimum absolute atomic E-state index is 0.273. The molecule has 9 heteroatoms. The van der Waals surface area contributed by atoms with Crippen LogP contribution in [0.2, 0.25) is 0 Å². The lowest BCUT2D eigenvalue weighted by Crippen LogP contribution is -2.05. The van der Waals surface area contributed by atoms with Crippen LogP contribution < -0.4 is 10.6 Å². The van der Waals surface area contributed by atoms with Crippen LogP contribution >= 0.6 is 7.60 Å². The third-order valence-corrected chi connectivity index (χ3v) is 4.96. The Bertz CT molecular complexity index is 1100. The molecule has 142 valence electrons. The summed E-state index contributed by atoms with van der Waals surface area (Å²) in [5, 5.41) is 5.75. The van der Waals surface area contributed by atoms with Crippen LogP contribution in [0.4, 0.5) is 11.5 Å². The van der Waals surface area contributed by atoms with E-state index in [2.05, 4.69) is 15.6 Å². The average molecular weight is 397 g/mol. The van der Waals surface area contributed by atoms with E-state index < -0.39 is 7.60 Å².